The topological polar surface area (TPSA) is 81.9 Å². The molecule has 0 saturated heterocycles. The standard InChI is InChI=1S/C18H18BrN5O2/c1-12(10-26-2)21-18(25)15-7-14(13-3-5-16(19)6-4-13)8-17(9-15)24-11-20-22-23-24/h3-9,11-12H,10H2,1-2H3,(H,21,25). The first kappa shape index (κ1) is 18.2. The molecule has 7 nitrogen and oxygen atoms in total. The van der Waals surface area contributed by atoms with E-state index in [0.29, 0.717) is 17.9 Å². The summed E-state index contributed by atoms with van der Waals surface area (Å²) in [6.07, 6.45) is 1.50. The molecule has 0 aliphatic rings. The van der Waals surface area contributed by atoms with Gasteiger partial charge in [-0.1, -0.05) is 28.1 Å². The molecule has 0 fully saturated rings. The zero-order chi connectivity index (χ0) is 18.5. The van der Waals surface area contributed by atoms with Gasteiger partial charge in [-0.2, -0.15) is 0 Å². The van der Waals surface area contributed by atoms with E-state index in [1.54, 1.807) is 13.2 Å². The monoisotopic (exact) mass is 415 g/mol. The highest BCUT2D eigenvalue weighted by Crippen LogP contribution is 2.25. The van der Waals surface area contributed by atoms with Crippen molar-refractivity contribution in [2.75, 3.05) is 13.7 Å². The van der Waals surface area contributed by atoms with E-state index in [1.165, 1.54) is 11.0 Å². The molecule has 3 rings (SSSR count). The number of nitrogens with zero attached hydrogens (tertiary/aromatic N) is 4. The Kier molecular flexibility index (Phi) is 5.75. The number of carbonyl (C=O) groups is 1. The molecule has 1 aromatic heterocycles. The number of halogens is 1. The number of aromatic nitrogens is 4. The predicted octanol–water partition coefficient (Wildman–Crippen LogP) is 2.86. The molecule has 0 bridgehead atoms. The Balaban J connectivity index is 2.00. The van der Waals surface area contributed by atoms with E-state index < -0.39 is 0 Å². The number of rotatable bonds is 6. The fourth-order valence-electron chi connectivity index (χ4n) is 2.56. The van der Waals surface area contributed by atoms with Gasteiger partial charge in [-0.15, -0.1) is 5.10 Å². The number of tetrazole rings is 1. The minimum atomic E-state index is -0.178. The van der Waals surface area contributed by atoms with Crippen LogP contribution in [-0.4, -0.2) is 45.9 Å². The van der Waals surface area contributed by atoms with Gasteiger partial charge in [-0.25, -0.2) is 4.68 Å². The number of methoxy groups -OCH3 is 1. The van der Waals surface area contributed by atoms with E-state index in [-0.39, 0.29) is 11.9 Å². The molecule has 1 heterocycles. The third kappa shape index (κ3) is 4.33. The summed E-state index contributed by atoms with van der Waals surface area (Å²) in [5, 5.41) is 14.2. The van der Waals surface area contributed by atoms with Crippen LogP contribution >= 0.6 is 15.9 Å². The normalized spacial score (nSPS) is 12.0. The van der Waals surface area contributed by atoms with Crippen molar-refractivity contribution in [3.05, 3.63) is 58.8 Å². The Morgan fingerprint density at radius 3 is 2.65 bits per heavy atom. The average molecular weight is 416 g/mol. The number of amides is 1. The fraction of sp³-hybridized carbons (Fsp3) is 0.222. The van der Waals surface area contributed by atoms with Gasteiger partial charge in [-0.05, 0) is 58.8 Å². The molecule has 1 N–H and O–H groups in total. The quantitative estimate of drug-likeness (QED) is 0.669. The van der Waals surface area contributed by atoms with E-state index in [0.717, 1.165) is 15.6 Å². The largest absolute Gasteiger partial charge is 0.383 e. The number of nitrogens with one attached hydrogen (secondary N) is 1. The second-order valence-corrected chi connectivity index (χ2v) is 6.78. The molecule has 8 heteroatoms. The molecule has 0 aliphatic carbocycles. The van der Waals surface area contributed by atoms with Crippen molar-refractivity contribution in [2.24, 2.45) is 0 Å². The third-order valence-corrected chi connectivity index (χ3v) is 4.29. The Morgan fingerprint density at radius 2 is 2.00 bits per heavy atom. The van der Waals surface area contributed by atoms with Gasteiger partial charge in [-0.3, -0.25) is 4.79 Å². The maximum atomic E-state index is 12.7. The van der Waals surface area contributed by atoms with Gasteiger partial charge in [0.2, 0.25) is 0 Å². The second kappa shape index (κ2) is 8.20. The van der Waals surface area contributed by atoms with Crippen molar-refractivity contribution >= 4 is 21.8 Å². The highest BCUT2D eigenvalue weighted by Gasteiger charge is 2.14. The maximum Gasteiger partial charge on any atom is 0.251 e. The highest BCUT2D eigenvalue weighted by molar-refractivity contribution is 9.10. The number of hydrogen-bond acceptors (Lipinski definition) is 5. The molecular formula is C18H18BrN5O2. The zero-order valence-electron chi connectivity index (χ0n) is 14.4. The average Bonchev–Trinajstić information content (AvgIpc) is 3.17. The van der Waals surface area contributed by atoms with E-state index in [4.69, 9.17) is 4.74 Å². The fourth-order valence-corrected chi connectivity index (χ4v) is 2.83. The molecule has 0 spiro atoms. The summed E-state index contributed by atoms with van der Waals surface area (Å²) < 4.78 is 7.59. The van der Waals surface area contributed by atoms with Crippen LogP contribution in [0, 0.1) is 0 Å². The van der Waals surface area contributed by atoms with Gasteiger partial charge in [0.05, 0.1) is 12.3 Å². The molecule has 2 aromatic carbocycles. The van der Waals surface area contributed by atoms with Crippen LogP contribution < -0.4 is 5.32 Å². The van der Waals surface area contributed by atoms with E-state index in [2.05, 4.69) is 36.8 Å². The van der Waals surface area contributed by atoms with E-state index in [1.807, 2.05) is 43.3 Å². The van der Waals surface area contributed by atoms with Crippen LogP contribution in [0.15, 0.2) is 53.3 Å². The summed E-state index contributed by atoms with van der Waals surface area (Å²) in [5.41, 5.74) is 3.12. The summed E-state index contributed by atoms with van der Waals surface area (Å²) in [7, 11) is 1.60. The summed E-state index contributed by atoms with van der Waals surface area (Å²) >= 11 is 3.44. The number of benzene rings is 2. The maximum absolute atomic E-state index is 12.7. The first-order valence-corrected chi connectivity index (χ1v) is 8.80. The summed E-state index contributed by atoms with van der Waals surface area (Å²) in [4.78, 5) is 12.7. The first-order chi connectivity index (χ1) is 12.6. The van der Waals surface area contributed by atoms with Crippen LogP contribution in [0.25, 0.3) is 16.8 Å². The van der Waals surface area contributed by atoms with Crippen LogP contribution in [0.4, 0.5) is 0 Å². The molecule has 1 atom stereocenters. The number of ether oxygens (including phenoxy) is 1. The highest BCUT2D eigenvalue weighted by atomic mass is 79.9. The molecule has 134 valence electrons. The lowest BCUT2D eigenvalue weighted by atomic mass is 10.0. The van der Waals surface area contributed by atoms with Crippen molar-refractivity contribution in [1.29, 1.82) is 0 Å². The van der Waals surface area contributed by atoms with Gasteiger partial charge in [0.15, 0.2) is 0 Å². The minimum Gasteiger partial charge on any atom is -0.383 e. The van der Waals surface area contributed by atoms with Crippen LogP contribution in [0.2, 0.25) is 0 Å². The van der Waals surface area contributed by atoms with Gasteiger partial charge < -0.3 is 10.1 Å². The summed E-state index contributed by atoms with van der Waals surface area (Å²) in [5.74, 6) is -0.178. The molecule has 3 aromatic rings. The summed E-state index contributed by atoms with van der Waals surface area (Å²) in [6.45, 7) is 2.33. The smallest absolute Gasteiger partial charge is 0.251 e. The SMILES string of the molecule is COCC(C)NC(=O)c1cc(-c2ccc(Br)cc2)cc(-n2cnnn2)c1. The van der Waals surface area contributed by atoms with Gasteiger partial charge in [0, 0.05) is 23.2 Å². The lowest BCUT2D eigenvalue weighted by Crippen LogP contribution is -2.35. The molecule has 0 saturated carbocycles. The van der Waals surface area contributed by atoms with E-state index >= 15 is 0 Å². The Bertz CT molecular complexity index is 881. The minimum absolute atomic E-state index is 0.0969. The number of hydrogen-bond donors (Lipinski definition) is 1. The Hall–Kier alpha value is -2.58. The zero-order valence-corrected chi connectivity index (χ0v) is 16.0. The van der Waals surface area contributed by atoms with Crippen LogP contribution in [-0.2, 0) is 4.74 Å². The lowest BCUT2D eigenvalue weighted by molar-refractivity contribution is 0.0905. The van der Waals surface area contributed by atoms with Crippen molar-refractivity contribution in [3.63, 3.8) is 0 Å². The Labute approximate surface area is 159 Å². The molecule has 0 aliphatic heterocycles. The molecule has 0 radical (unpaired) electrons. The van der Waals surface area contributed by atoms with Gasteiger partial charge in [0.25, 0.3) is 5.91 Å². The van der Waals surface area contributed by atoms with Crippen molar-refractivity contribution in [1.82, 2.24) is 25.5 Å². The Morgan fingerprint density at radius 1 is 1.23 bits per heavy atom. The lowest BCUT2D eigenvalue weighted by Gasteiger charge is -2.14. The molecule has 1 unspecified atom stereocenters. The van der Waals surface area contributed by atoms with Crippen LogP contribution in [0.3, 0.4) is 0 Å². The second-order valence-electron chi connectivity index (χ2n) is 5.86. The molecular weight excluding hydrogens is 398 g/mol. The number of carbonyl (C=O) groups excluding carboxylic acids is 1. The van der Waals surface area contributed by atoms with Gasteiger partial charge >= 0.3 is 0 Å². The first-order valence-electron chi connectivity index (χ1n) is 8.01. The summed E-state index contributed by atoms with van der Waals surface area (Å²) in [6, 6.07) is 13.3. The van der Waals surface area contributed by atoms with Crippen molar-refractivity contribution in [2.45, 2.75) is 13.0 Å². The van der Waals surface area contributed by atoms with Crippen molar-refractivity contribution in [3.8, 4) is 16.8 Å². The van der Waals surface area contributed by atoms with Crippen LogP contribution in [0.5, 0.6) is 0 Å². The molecule has 1 amide bonds. The van der Waals surface area contributed by atoms with Crippen LogP contribution in [0.1, 0.15) is 17.3 Å². The van der Waals surface area contributed by atoms with Crippen molar-refractivity contribution < 1.29 is 9.53 Å². The predicted molar refractivity (Wildman–Crippen MR) is 101 cm³/mol. The van der Waals surface area contributed by atoms with Gasteiger partial charge in [0.1, 0.15) is 6.33 Å². The van der Waals surface area contributed by atoms with E-state index in [9.17, 15) is 4.79 Å². The third-order valence-electron chi connectivity index (χ3n) is 3.77. The molecule has 26 heavy (non-hydrogen) atoms.